The van der Waals surface area contributed by atoms with Crippen LogP contribution in [0.2, 0.25) is 5.02 Å². The standard InChI is InChI=1S/C15H21ClN2OS.ClH/c1-3-20-14-5-4-11(16)8-12(14)15(19)18-13-9-17-7-6-10(13)2;/h4-5,8,10,13,17H,3,6-7,9H2,1-2H3,(H,18,19);1H. The Bertz CT molecular complexity index is 485. The third-order valence-corrected chi connectivity index (χ3v) is 4.82. The molecule has 2 unspecified atom stereocenters. The molecule has 2 atom stereocenters. The summed E-state index contributed by atoms with van der Waals surface area (Å²) < 4.78 is 0. The van der Waals surface area contributed by atoms with Crippen LogP contribution in [-0.4, -0.2) is 30.8 Å². The van der Waals surface area contributed by atoms with Gasteiger partial charge in [0.25, 0.3) is 5.91 Å². The highest BCUT2D eigenvalue weighted by molar-refractivity contribution is 7.99. The molecule has 1 fully saturated rings. The van der Waals surface area contributed by atoms with Crippen molar-refractivity contribution in [1.29, 1.82) is 0 Å². The van der Waals surface area contributed by atoms with Gasteiger partial charge in [0.05, 0.1) is 5.56 Å². The maximum absolute atomic E-state index is 12.5. The Morgan fingerprint density at radius 1 is 1.52 bits per heavy atom. The molecule has 0 aliphatic carbocycles. The maximum atomic E-state index is 12.5. The van der Waals surface area contributed by atoms with Crippen LogP contribution >= 0.6 is 35.8 Å². The van der Waals surface area contributed by atoms with Gasteiger partial charge in [0.2, 0.25) is 0 Å². The number of benzene rings is 1. The smallest absolute Gasteiger partial charge is 0.252 e. The van der Waals surface area contributed by atoms with Crippen molar-refractivity contribution in [2.75, 3.05) is 18.8 Å². The number of piperidine rings is 1. The van der Waals surface area contributed by atoms with Crippen molar-refractivity contribution >= 4 is 41.7 Å². The van der Waals surface area contributed by atoms with E-state index in [1.165, 1.54) is 0 Å². The fourth-order valence-corrected chi connectivity index (χ4v) is 3.34. The molecule has 3 nitrogen and oxygen atoms in total. The summed E-state index contributed by atoms with van der Waals surface area (Å²) in [6, 6.07) is 5.71. The zero-order chi connectivity index (χ0) is 14.5. The van der Waals surface area contributed by atoms with Crippen LogP contribution in [0.15, 0.2) is 23.1 Å². The summed E-state index contributed by atoms with van der Waals surface area (Å²) in [5.74, 6) is 1.41. The lowest BCUT2D eigenvalue weighted by atomic mass is 9.94. The first-order chi connectivity index (χ1) is 9.61. The van der Waals surface area contributed by atoms with Gasteiger partial charge in [-0.2, -0.15) is 0 Å². The summed E-state index contributed by atoms with van der Waals surface area (Å²) in [7, 11) is 0. The third-order valence-electron chi connectivity index (χ3n) is 3.63. The number of hydrogen-bond acceptors (Lipinski definition) is 3. The minimum Gasteiger partial charge on any atom is -0.348 e. The molecule has 1 saturated heterocycles. The van der Waals surface area contributed by atoms with Gasteiger partial charge in [-0.15, -0.1) is 24.2 Å². The van der Waals surface area contributed by atoms with Crippen LogP contribution in [0.4, 0.5) is 0 Å². The lowest BCUT2D eigenvalue weighted by Crippen LogP contribution is -2.50. The molecule has 1 aromatic carbocycles. The van der Waals surface area contributed by atoms with Gasteiger partial charge in [0, 0.05) is 22.5 Å². The van der Waals surface area contributed by atoms with Gasteiger partial charge in [-0.1, -0.05) is 25.4 Å². The third kappa shape index (κ3) is 5.06. The molecule has 0 aromatic heterocycles. The quantitative estimate of drug-likeness (QED) is 0.816. The zero-order valence-corrected chi connectivity index (χ0v) is 14.7. The minimum atomic E-state index is -0.0241. The van der Waals surface area contributed by atoms with E-state index in [-0.39, 0.29) is 24.4 Å². The van der Waals surface area contributed by atoms with Crippen LogP contribution in [0.3, 0.4) is 0 Å². The number of carbonyl (C=O) groups excluding carboxylic acids is 1. The topological polar surface area (TPSA) is 41.1 Å². The van der Waals surface area contributed by atoms with Gasteiger partial charge in [-0.05, 0) is 42.8 Å². The minimum absolute atomic E-state index is 0. The molecule has 21 heavy (non-hydrogen) atoms. The molecule has 1 amide bonds. The van der Waals surface area contributed by atoms with E-state index in [9.17, 15) is 4.79 Å². The number of rotatable bonds is 4. The highest BCUT2D eigenvalue weighted by Gasteiger charge is 2.24. The fourth-order valence-electron chi connectivity index (χ4n) is 2.39. The average molecular weight is 349 g/mol. The Labute approximate surface area is 142 Å². The average Bonchev–Trinajstić information content (AvgIpc) is 2.43. The molecule has 118 valence electrons. The highest BCUT2D eigenvalue weighted by Crippen LogP contribution is 2.26. The van der Waals surface area contributed by atoms with Crippen molar-refractivity contribution in [3.05, 3.63) is 28.8 Å². The maximum Gasteiger partial charge on any atom is 0.252 e. The van der Waals surface area contributed by atoms with E-state index < -0.39 is 0 Å². The summed E-state index contributed by atoms with van der Waals surface area (Å²) in [6.07, 6.45) is 1.09. The second kappa shape index (κ2) is 8.89. The normalized spacial score (nSPS) is 21.5. The van der Waals surface area contributed by atoms with Gasteiger partial charge in [0.15, 0.2) is 0 Å². The molecule has 0 bridgehead atoms. The number of thioether (sulfide) groups is 1. The van der Waals surface area contributed by atoms with Gasteiger partial charge < -0.3 is 10.6 Å². The second-order valence-electron chi connectivity index (χ2n) is 5.12. The van der Waals surface area contributed by atoms with Gasteiger partial charge in [0.1, 0.15) is 0 Å². The van der Waals surface area contributed by atoms with Crippen molar-refractivity contribution < 1.29 is 4.79 Å². The van der Waals surface area contributed by atoms with Crippen LogP contribution in [0.5, 0.6) is 0 Å². The Morgan fingerprint density at radius 3 is 2.95 bits per heavy atom. The van der Waals surface area contributed by atoms with Gasteiger partial charge in [-0.25, -0.2) is 0 Å². The van der Waals surface area contributed by atoms with E-state index in [0.29, 0.717) is 16.5 Å². The predicted octanol–water partition coefficient (Wildman–Crippen LogP) is 3.60. The summed E-state index contributed by atoms with van der Waals surface area (Å²) in [4.78, 5) is 13.5. The number of carbonyl (C=O) groups is 1. The van der Waals surface area contributed by atoms with Gasteiger partial charge in [-0.3, -0.25) is 4.79 Å². The molecule has 0 spiro atoms. The summed E-state index contributed by atoms with van der Waals surface area (Å²) in [5, 5.41) is 7.07. The van der Waals surface area contributed by atoms with Crippen molar-refractivity contribution in [1.82, 2.24) is 10.6 Å². The van der Waals surface area contributed by atoms with Crippen LogP contribution < -0.4 is 10.6 Å². The van der Waals surface area contributed by atoms with Crippen molar-refractivity contribution in [3.8, 4) is 0 Å². The molecule has 1 aliphatic heterocycles. The van der Waals surface area contributed by atoms with E-state index in [2.05, 4.69) is 24.5 Å². The molecule has 0 saturated carbocycles. The number of halogens is 2. The van der Waals surface area contributed by atoms with E-state index in [0.717, 1.165) is 30.2 Å². The lowest BCUT2D eigenvalue weighted by Gasteiger charge is -2.30. The Morgan fingerprint density at radius 2 is 2.29 bits per heavy atom. The first-order valence-corrected chi connectivity index (χ1v) is 8.42. The molecule has 2 N–H and O–H groups in total. The molecule has 1 aromatic rings. The molecule has 0 radical (unpaired) electrons. The van der Waals surface area contributed by atoms with Crippen molar-refractivity contribution in [2.24, 2.45) is 5.92 Å². The largest absolute Gasteiger partial charge is 0.348 e. The van der Waals surface area contributed by atoms with E-state index in [1.54, 1.807) is 17.8 Å². The van der Waals surface area contributed by atoms with Crippen LogP contribution in [0.25, 0.3) is 0 Å². The van der Waals surface area contributed by atoms with E-state index in [4.69, 9.17) is 11.6 Å². The Balaban J connectivity index is 0.00000220. The summed E-state index contributed by atoms with van der Waals surface area (Å²) in [6.45, 7) is 6.13. The van der Waals surface area contributed by atoms with Crippen LogP contribution in [0, 0.1) is 5.92 Å². The summed E-state index contributed by atoms with van der Waals surface area (Å²) >= 11 is 7.70. The molecule has 1 aliphatic rings. The first kappa shape index (κ1) is 18.6. The Hall–Kier alpha value is -0.420. The molecular formula is C15H22Cl2N2OS. The van der Waals surface area contributed by atoms with Crippen molar-refractivity contribution in [3.63, 3.8) is 0 Å². The second-order valence-corrected chi connectivity index (χ2v) is 6.87. The van der Waals surface area contributed by atoms with Gasteiger partial charge >= 0.3 is 0 Å². The number of nitrogens with one attached hydrogen (secondary N) is 2. The molecule has 6 heteroatoms. The predicted molar refractivity (Wildman–Crippen MR) is 93.0 cm³/mol. The number of amides is 1. The molecule has 2 rings (SSSR count). The first-order valence-electron chi connectivity index (χ1n) is 7.05. The summed E-state index contributed by atoms with van der Waals surface area (Å²) in [5.41, 5.74) is 0.683. The number of hydrogen-bond donors (Lipinski definition) is 2. The van der Waals surface area contributed by atoms with Crippen LogP contribution in [-0.2, 0) is 0 Å². The van der Waals surface area contributed by atoms with E-state index in [1.807, 2.05) is 12.1 Å². The molecule has 1 heterocycles. The van der Waals surface area contributed by atoms with Crippen LogP contribution in [0.1, 0.15) is 30.6 Å². The molecular weight excluding hydrogens is 327 g/mol. The zero-order valence-electron chi connectivity index (χ0n) is 12.3. The highest BCUT2D eigenvalue weighted by atomic mass is 35.5. The monoisotopic (exact) mass is 348 g/mol. The fraction of sp³-hybridized carbons (Fsp3) is 0.533. The van der Waals surface area contributed by atoms with Crippen molar-refractivity contribution in [2.45, 2.75) is 31.2 Å². The SMILES string of the molecule is CCSc1ccc(Cl)cc1C(=O)NC1CNCCC1C.Cl. The van der Waals surface area contributed by atoms with E-state index >= 15 is 0 Å². The Kier molecular flexibility index (Phi) is 7.88. The lowest BCUT2D eigenvalue weighted by molar-refractivity contribution is 0.0912.